The van der Waals surface area contributed by atoms with Gasteiger partial charge in [-0.15, -0.1) is 0 Å². The molecule has 0 atom stereocenters. The quantitative estimate of drug-likeness (QED) is 0.697. The second-order valence-corrected chi connectivity index (χ2v) is 6.90. The van der Waals surface area contributed by atoms with Crippen LogP contribution in [0.5, 0.6) is 5.75 Å². The van der Waals surface area contributed by atoms with E-state index in [2.05, 4.69) is 5.32 Å². The van der Waals surface area contributed by atoms with E-state index < -0.39 is 17.2 Å². The van der Waals surface area contributed by atoms with Crippen molar-refractivity contribution in [1.82, 2.24) is 9.13 Å². The van der Waals surface area contributed by atoms with E-state index in [1.54, 1.807) is 24.3 Å². The summed E-state index contributed by atoms with van der Waals surface area (Å²) in [6.45, 7) is 3.86. The molecule has 150 valence electrons. The monoisotopic (exact) mass is 393 g/mol. The lowest BCUT2D eigenvalue weighted by atomic mass is 10.1. The van der Waals surface area contributed by atoms with Crippen LogP contribution in [0, 0.1) is 13.8 Å². The van der Waals surface area contributed by atoms with Crippen LogP contribution < -0.4 is 21.3 Å². The van der Waals surface area contributed by atoms with Gasteiger partial charge < -0.3 is 10.1 Å². The largest absolute Gasteiger partial charge is 0.495 e. The average Bonchev–Trinajstić information content (AvgIpc) is 2.67. The molecule has 0 fully saturated rings. The van der Waals surface area contributed by atoms with Gasteiger partial charge in [-0.3, -0.25) is 18.7 Å². The molecular weight excluding hydrogens is 370 g/mol. The fourth-order valence-electron chi connectivity index (χ4n) is 3.26. The van der Waals surface area contributed by atoms with Crippen molar-refractivity contribution in [2.75, 3.05) is 12.4 Å². The van der Waals surface area contributed by atoms with Gasteiger partial charge in [0.05, 0.1) is 19.3 Å². The van der Waals surface area contributed by atoms with Gasteiger partial charge in [-0.25, -0.2) is 4.79 Å². The van der Waals surface area contributed by atoms with E-state index >= 15 is 0 Å². The van der Waals surface area contributed by atoms with E-state index in [-0.39, 0.29) is 13.1 Å². The number of nitrogens with zero attached hydrogens (tertiary/aromatic N) is 2. The molecular formula is C22H23N3O4. The molecule has 2 aromatic carbocycles. The highest BCUT2D eigenvalue weighted by Crippen LogP contribution is 2.22. The Morgan fingerprint density at radius 3 is 2.41 bits per heavy atom. The van der Waals surface area contributed by atoms with Crippen molar-refractivity contribution in [2.45, 2.75) is 26.9 Å². The topological polar surface area (TPSA) is 82.3 Å². The number of aromatic nitrogens is 2. The molecule has 7 heteroatoms. The molecule has 3 rings (SSSR count). The zero-order chi connectivity index (χ0) is 21.0. The molecule has 0 bridgehead atoms. The van der Waals surface area contributed by atoms with Gasteiger partial charge in [0.2, 0.25) is 5.91 Å². The smallest absolute Gasteiger partial charge is 0.331 e. The van der Waals surface area contributed by atoms with E-state index in [1.807, 2.05) is 32.0 Å². The molecule has 0 aliphatic carbocycles. The molecule has 29 heavy (non-hydrogen) atoms. The Morgan fingerprint density at radius 2 is 1.72 bits per heavy atom. The molecule has 3 aromatic rings. The number of nitrogens with one attached hydrogen (secondary N) is 1. The molecule has 0 unspecified atom stereocenters. The second-order valence-electron chi connectivity index (χ2n) is 6.90. The van der Waals surface area contributed by atoms with Crippen molar-refractivity contribution in [2.24, 2.45) is 0 Å². The Balaban J connectivity index is 1.84. The van der Waals surface area contributed by atoms with Crippen LogP contribution in [0.1, 0.15) is 16.7 Å². The number of hydrogen-bond donors (Lipinski definition) is 1. The highest BCUT2D eigenvalue weighted by molar-refractivity contribution is 5.92. The summed E-state index contributed by atoms with van der Waals surface area (Å²) in [5, 5.41) is 2.72. The van der Waals surface area contributed by atoms with Gasteiger partial charge in [0.25, 0.3) is 5.56 Å². The van der Waals surface area contributed by atoms with Crippen molar-refractivity contribution >= 4 is 11.6 Å². The Kier molecular flexibility index (Phi) is 5.97. The summed E-state index contributed by atoms with van der Waals surface area (Å²) in [5.41, 5.74) is 2.54. The van der Waals surface area contributed by atoms with Gasteiger partial charge in [-0.1, -0.05) is 41.5 Å². The number of rotatable bonds is 6. The number of benzene rings is 2. The maximum Gasteiger partial charge on any atom is 0.331 e. The molecule has 0 radical (unpaired) electrons. The zero-order valence-electron chi connectivity index (χ0n) is 16.6. The molecule has 1 heterocycles. The number of aryl methyl sites for hydroxylation is 2. The summed E-state index contributed by atoms with van der Waals surface area (Å²) in [5.74, 6) is 0.126. The minimum absolute atomic E-state index is 0.148. The molecule has 7 nitrogen and oxygen atoms in total. The maximum atomic E-state index is 12.8. The molecule has 1 aromatic heterocycles. The SMILES string of the molecule is COc1ccccc1NC(=O)Cn1ccc(=O)n(Cc2cc(C)cc(C)c2)c1=O. The minimum Gasteiger partial charge on any atom is -0.495 e. The van der Waals surface area contributed by atoms with Crippen LogP contribution in [0.2, 0.25) is 0 Å². The third kappa shape index (κ3) is 4.82. The summed E-state index contributed by atoms with van der Waals surface area (Å²) in [7, 11) is 1.51. The van der Waals surface area contributed by atoms with E-state index in [0.29, 0.717) is 11.4 Å². The van der Waals surface area contributed by atoms with Crippen molar-refractivity contribution < 1.29 is 9.53 Å². The molecule has 0 saturated carbocycles. The number of carbonyl (C=O) groups is 1. The number of hydrogen-bond acceptors (Lipinski definition) is 4. The number of ether oxygens (including phenoxy) is 1. The first kappa shape index (κ1) is 20.1. The normalized spacial score (nSPS) is 10.6. The third-order valence-electron chi connectivity index (χ3n) is 4.46. The summed E-state index contributed by atoms with van der Waals surface area (Å²) in [6.07, 6.45) is 1.34. The van der Waals surface area contributed by atoms with Crippen LogP contribution >= 0.6 is 0 Å². The van der Waals surface area contributed by atoms with Gasteiger partial charge in [0.1, 0.15) is 12.3 Å². The number of amides is 1. The van der Waals surface area contributed by atoms with Crippen molar-refractivity contribution in [3.63, 3.8) is 0 Å². The molecule has 0 spiro atoms. The molecule has 0 aliphatic rings. The lowest BCUT2D eigenvalue weighted by molar-refractivity contribution is -0.116. The fourth-order valence-corrected chi connectivity index (χ4v) is 3.26. The van der Waals surface area contributed by atoms with Crippen LogP contribution in [0.15, 0.2) is 64.3 Å². The Labute approximate surface area is 168 Å². The first-order valence-electron chi connectivity index (χ1n) is 9.17. The number of para-hydroxylation sites is 2. The summed E-state index contributed by atoms with van der Waals surface area (Å²) in [6, 6.07) is 14.2. The fraction of sp³-hybridized carbons (Fsp3) is 0.227. The van der Waals surface area contributed by atoms with Crippen LogP contribution in [-0.4, -0.2) is 22.2 Å². The van der Waals surface area contributed by atoms with Crippen LogP contribution in [-0.2, 0) is 17.9 Å². The Morgan fingerprint density at radius 1 is 1.03 bits per heavy atom. The van der Waals surface area contributed by atoms with Crippen molar-refractivity contribution in [3.05, 3.63) is 92.3 Å². The number of methoxy groups -OCH3 is 1. The number of carbonyl (C=O) groups excluding carboxylic acids is 1. The van der Waals surface area contributed by atoms with Gasteiger partial charge in [0, 0.05) is 12.3 Å². The van der Waals surface area contributed by atoms with Gasteiger partial charge >= 0.3 is 5.69 Å². The Bertz CT molecular complexity index is 1140. The van der Waals surface area contributed by atoms with Crippen molar-refractivity contribution in [3.8, 4) is 5.75 Å². The van der Waals surface area contributed by atoms with Gasteiger partial charge in [-0.2, -0.15) is 0 Å². The van der Waals surface area contributed by atoms with E-state index in [1.165, 1.54) is 23.9 Å². The number of anilines is 1. The summed E-state index contributed by atoms with van der Waals surface area (Å²) < 4.78 is 7.56. The Hall–Kier alpha value is -3.61. The standard InChI is InChI=1S/C22H23N3O4/c1-15-10-16(2)12-17(11-15)13-25-21(27)8-9-24(22(25)28)14-20(26)23-18-6-4-5-7-19(18)29-3/h4-12H,13-14H2,1-3H3,(H,23,26). The predicted octanol–water partition coefficient (Wildman–Crippen LogP) is 2.32. The summed E-state index contributed by atoms with van der Waals surface area (Å²) in [4.78, 5) is 37.5. The zero-order valence-corrected chi connectivity index (χ0v) is 16.6. The summed E-state index contributed by atoms with van der Waals surface area (Å²) >= 11 is 0. The van der Waals surface area contributed by atoms with Gasteiger partial charge in [0.15, 0.2) is 0 Å². The van der Waals surface area contributed by atoms with Gasteiger partial charge in [-0.05, 0) is 31.5 Å². The van der Waals surface area contributed by atoms with Crippen LogP contribution in [0.25, 0.3) is 0 Å². The van der Waals surface area contributed by atoms with E-state index in [0.717, 1.165) is 21.3 Å². The highest BCUT2D eigenvalue weighted by Gasteiger charge is 2.12. The predicted molar refractivity (Wildman–Crippen MR) is 112 cm³/mol. The second kappa shape index (κ2) is 8.60. The maximum absolute atomic E-state index is 12.8. The first-order chi connectivity index (χ1) is 13.9. The average molecular weight is 393 g/mol. The highest BCUT2D eigenvalue weighted by atomic mass is 16.5. The van der Waals surface area contributed by atoms with E-state index in [4.69, 9.17) is 4.74 Å². The molecule has 1 amide bonds. The first-order valence-corrected chi connectivity index (χ1v) is 9.17. The van der Waals surface area contributed by atoms with Crippen LogP contribution in [0.3, 0.4) is 0 Å². The van der Waals surface area contributed by atoms with E-state index in [9.17, 15) is 14.4 Å². The minimum atomic E-state index is -0.535. The molecule has 0 saturated heterocycles. The lowest BCUT2D eigenvalue weighted by Crippen LogP contribution is -2.41. The third-order valence-corrected chi connectivity index (χ3v) is 4.46. The lowest BCUT2D eigenvalue weighted by Gasteiger charge is -2.12. The molecule has 0 aliphatic heterocycles. The van der Waals surface area contributed by atoms with Crippen molar-refractivity contribution in [1.29, 1.82) is 0 Å². The van der Waals surface area contributed by atoms with Crippen LogP contribution in [0.4, 0.5) is 5.69 Å². The molecule has 1 N–H and O–H groups in total.